The van der Waals surface area contributed by atoms with E-state index in [4.69, 9.17) is 5.26 Å². The van der Waals surface area contributed by atoms with E-state index in [9.17, 15) is 8.42 Å². The fraction of sp³-hybridized carbons (Fsp3) is 0.538. The molecule has 1 fully saturated rings. The second-order valence-corrected chi connectivity index (χ2v) is 7.14. The van der Waals surface area contributed by atoms with Gasteiger partial charge in [-0.05, 0) is 43.5 Å². The monoisotopic (exact) mass is 294 g/mol. The van der Waals surface area contributed by atoms with Gasteiger partial charge < -0.3 is 5.32 Å². The summed E-state index contributed by atoms with van der Waals surface area (Å²) in [7, 11) is -3.57. The molecular formula is C13H18N4O2S. The van der Waals surface area contributed by atoms with Crippen molar-refractivity contribution >= 4 is 10.0 Å². The Labute approximate surface area is 119 Å². The zero-order chi connectivity index (χ0) is 14.6. The van der Waals surface area contributed by atoms with E-state index in [-0.39, 0.29) is 16.0 Å². The van der Waals surface area contributed by atoms with Crippen LogP contribution in [-0.2, 0) is 10.0 Å². The van der Waals surface area contributed by atoms with Gasteiger partial charge in [0.05, 0.1) is 0 Å². The van der Waals surface area contributed by atoms with E-state index in [1.807, 2.05) is 6.07 Å². The number of nitrogens with one attached hydrogen (secondary N) is 2. The first-order valence-electron chi connectivity index (χ1n) is 6.52. The maximum Gasteiger partial charge on any atom is 0.242 e. The van der Waals surface area contributed by atoms with Crippen molar-refractivity contribution in [3.63, 3.8) is 0 Å². The summed E-state index contributed by atoms with van der Waals surface area (Å²) >= 11 is 0. The Morgan fingerprint density at radius 2 is 2.15 bits per heavy atom. The highest BCUT2D eigenvalue weighted by atomic mass is 32.2. The summed E-state index contributed by atoms with van der Waals surface area (Å²) in [6, 6.07) is 4.67. The first-order valence-corrected chi connectivity index (χ1v) is 8.00. The Morgan fingerprint density at radius 3 is 2.70 bits per heavy atom. The molecule has 1 aliphatic heterocycles. The van der Waals surface area contributed by atoms with Crippen LogP contribution >= 0.6 is 0 Å². The Kier molecular flexibility index (Phi) is 4.38. The van der Waals surface area contributed by atoms with E-state index in [1.165, 1.54) is 18.3 Å². The molecule has 0 radical (unpaired) electrons. The molecule has 2 N–H and O–H groups in total. The molecule has 108 valence electrons. The molecule has 0 amide bonds. The van der Waals surface area contributed by atoms with Crippen molar-refractivity contribution in [3.8, 4) is 6.07 Å². The third-order valence-corrected chi connectivity index (χ3v) is 5.05. The molecule has 1 saturated heterocycles. The van der Waals surface area contributed by atoms with Gasteiger partial charge in [0, 0.05) is 12.7 Å². The van der Waals surface area contributed by atoms with Crippen LogP contribution in [0.5, 0.6) is 0 Å². The Hall–Kier alpha value is -1.49. The minimum absolute atomic E-state index is 0.0155. The number of sulfonamides is 1. The van der Waals surface area contributed by atoms with E-state index in [2.05, 4.69) is 21.9 Å². The van der Waals surface area contributed by atoms with Crippen LogP contribution in [0.3, 0.4) is 0 Å². The zero-order valence-electron chi connectivity index (χ0n) is 11.4. The van der Waals surface area contributed by atoms with Crippen LogP contribution in [0, 0.1) is 16.7 Å². The summed E-state index contributed by atoms with van der Waals surface area (Å²) in [5, 5.41) is 11.9. The van der Waals surface area contributed by atoms with Crippen molar-refractivity contribution in [3.05, 3.63) is 24.0 Å². The molecule has 0 unspecified atom stereocenters. The van der Waals surface area contributed by atoms with Crippen molar-refractivity contribution in [1.82, 2.24) is 15.0 Å². The second kappa shape index (κ2) is 5.87. The minimum atomic E-state index is -3.57. The third-order valence-electron chi connectivity index (χ3n) is 3.66. The maximum absolute atomic E-state index is 12.2. The molecule has 0 saturated carbocycles. The van der Waals surface area contributed by atoms with E-state index >= 15 is 0 Å². The molecule has 2 rings (SSSR count). The predicted molar refractivity (Wildman–Crippen MR) is 74.4 cm³/mol. The summed E-state index contributed by atoms with van der Waals surface area (Å²) in [6.07, 6.45) is 3.11. The van der Waals surface area contributed by atoms with Crippen LogP contribution in [0.25, 0.3) is 0 Å². The number of nitrogens with zero attached hydrogens (tertiary/aromatic N) is 2. The molecule has 1 aliphatic rings. The van der Waals surface area contributed by atoms with Gasteiger partial charge in [0.15, 0.2) is 0 Å². The normalized spacial score (nSPS) is 18.4. The average Bonchev–Trinajstić information content (AvgIpc) is 2.46. The SMILES string of the molecule is CC1(CNS(=O)(=O)c2ccc(C#N)nc2)CCNCC1. The van der Waals surface area contributed by atoms with Crippen LogP contribution in [0.15, 0.2) is 23.2 Å². The van der Waals surface area contributed by atoms with Crippen molar-refractivity contribution in [2.45, 2.75) is 24.7 Å². The molecule has 0 aliphatic carbocycles. The van der Waals surface area contributed by atoms with Gasteiger partial charge in [-0.15, -0.1) is 0 Å². The average molecular weight is 294 g/mol. The lowest BCUT2D eigenvalue weighted by atomic mass is 9.81. The lowest BCUT2D eigenvalue weighted by molar-refractivity contribution is 0.232. The van der Waals surface area contributed by atoms with Gasteiger partial charge in [-0.2, -0.15) is 5.26 Å². The molecule has 7 heteroatoms. The van der Waals surface area contributed by atoms with Gasteiger partial charge in [-0.1, -0.05) is 6.92 Å². The van der Waals surface area contributed by atoms with Crippen LogP contribution in [0.4, 0.5) is 0 Å². The van der Waals surface area contributed by atoms with Gasteiger partial charge in [0.1, 0.15) is 16.7 Å². The smallest absolute Gasteiger partial charge is 0.242 e. The lowest BCUT2D eigenvalue weighted by Crippen LogP contribution is -2.42. The van der Waals surface area contributed by atoms with Crippen molar-refractivity contribution in [2.75, 3.05) is 19.6 Å². The summed E-state index contributed by atoms with van der Waals surface area (Å²) in [4.78, 5) is 3.88. The number of rotatable bonds is 4. The number of piperidine rings is 1. The fourth-order valence-electron chi connectivity index (χ4n) is 2.17. The summed E-state index contributed by atoms with van der Waals surface area (Å²) in [5.74, 6) is 0. The number of nitriles is 1. The first-order chi connectivity index (χ1) is 9.45. The van der Waals surface area contributed by atoms with Gasteiger partial charge in [0.2, 0.25) is 10.0 Å². The van der Waals surface area contributed by atoms with E-state index in [0.717, 1.165) is 25.9 Å². The van der Waals surface area contributed by atoms with E-state index < -0.39 is 10.0 Å². The van der Waals surface area contributed by atoms with E-state index in [1.54, 1.807) is 0 Å². The highest BCUT2D eigenvalue weighted by molar-refractivity contribution is 7.89. The molecule has 20 heavy (non-hydrogen) atoms. The Bertz CT molecular complexity index is 598. The molecule has 2 heterocycles. The number of aromatic nitrogens is 1. The quantitative estimate of drug-likeness (QED) is 0.849. The van der Waals surface area contributed by atoms with Crippen molar-refractivity contribution < 1.29 is 8.42 Å². The first kappa shape index (κ1) is 14.9. The van der Waals surface area contributed by atoms with E-state index in [0.29, 0.717) is 6.54 Å². The molecule has 1 aromatic heterocycles. The van der Waals surface area contributed by atoms with Gasteiger partial charge in [0.25, 0.3) is 0 Å². The number of hydrogen-bond acceptors (Lipinski definition) is 5. The second-order valence-electron chi connectivity index (χ2n) is 5.38. The summed E-state index contributed by atoms with van der Waals surface area (Å²) < 4.78 is 27.0. The van der Waals surface area contributed by atoms with Crippen LogP contribution < -0.4 is 10.0 Å². The van der Waals surface area contributed by atoms with Crippen molar-refractivity contribution in [2.24, 2.45) is 5.41 Å². The summed E-state index contributed by atoms with van der Waals surface area (Å²) in [5.41, 5.74) is 0.187. The molecule has 6 nitrogen and oxygen atoms in total. The predicted octanol–water partition coefficient (Wildman–Crippen LogP) is 0.621. The topological polar surface area (TPSA) is 94.9 Å². The Balaban J connectivity index is 2.05. The minimum Gasteiger partial charge on any atom is -0.317 e. The third kappa shape index (κ3) is 3.54. The highest BCUT2D eigenvalue weighted by Crippen LogP contribution is 2.27. The highest BCUT2D eigenvalue weighted by Gasteiger charge is 2.28. The molecule has 1 aromatic rings. The fourth-order valence-corrected chi connectivity index (χ4v) is 3.31. The van der Waals surface area contributed by atoms with Crippen molar-refractivity contribution in [1.29, 1.82) is 5.26 Å². The number of pyridine rings is 1. The molecular weight excluding hydrogens is 276 g/mol. The zero-order valence-corrected chi connectivity index (χ0v) is 12.2. The molecule has 0 spiro atoms. The van der Waals surface area contributed by atoms with Crippen LogP contribution in [-0.4, -0.2) is 33.0 Å². The number of hydrogen-bond donors (Lipinski definition) is 2. The lowest BCUT2D eigenvalue weighted by Gasteiger charge is -2.34. The molecule has 0 bridgehead atoms. The molecule has 0 aromatic carbocycles. The largest absolute Gasteiger partial charge is 0.317 e. The summed E-state index contributed by atoms with van der Waals surface area (Å²) in [6.45, 7) is 4.33. The van der Waals surface area contributed by atoms with Crippen LogP contribution in [0.2, 0.25) is 0 Å². The van der Waals surface area contributed by atoms with Gasteiger partial charge in [-0.25, -0.2) is 18.1 Å². The standard InChI is InChI=1S/C13H18N4O2S/c1-13(4-6-15-7-5-13)10-17-20(18,19)12-3-2-11(8-14)16-9-12/h2-3,9,15,17H,4-7,10H2,1H3. The van der Waals surface area contributed by atoms with Crippen LogP contribution in [0.1, 0.15) is 25.5 Å². The Morgan fingerprint density at radius 1 is 1.45 bits per heavy atom. The maximum atomic E-state index is 12.2. The van der Waals surface area contributed by atoms with Gasteiger partial charge in [-0.3, -0.25) is 0 Å². The van der Waals surface area contributed by atoms with Gasteiger partial charge >= 0.3 is 0 Å². The molecule has 0 atom stereocenters.